The molecule has 2 saturated heterocycles. The van der Waals surface area contributed by atoms with Crippen LogP contribution in [0.4, 0.5) is 5.82 Å². The van der Waals surface area contributed by atoms with Gasteiger partial charge in [0.1, 0.15) is 11.1 Å². The maximum atomic E-state index is 12.1. The maximum Gasteiger partial charge on any atom is 0.158 e. The molecule has 2 unspecified atom stereocenters. The molecule has 1 aromatic rings. The van der Waals surface area contributed by atoms with Crippen molar-refractivity contribution in [3.05, 3.63) is 11.8 Å². The Morgan fingerprint density at radius 3 is 2.52 bits per heavy atom. The first-order valence-corrected chi connectivity index (χ1v) is 10.6. The van der Waals surface area contributed by atoms with E-state index in [1.807, 2.05) is 0 Å². The standard InChI is InChI=1S/C12H19N3O4S2/c13-12-7-10(11-3-1-2-5-21(11,18)19)14-15(12)9-4-6-20(16,17)8-9/h7,9,11H,1-6,8,13H2. The Kier molecular flexibility index (Phi) is 3.52. The fraction of sp³-hybridized carbons (Fsp3) is 0.750. The summed E-state index contributed by atoms with van der Waals surface area (Å²) in [6.45, 7) is 0. The summed E-state index contributed by atoms with van der Waals surface area (Å²) in [4.78, 5) is 0. The topological polar surface area (TPSA) is 112 Å². The van der Waals surface area contributed by atoms with E-state index >= 15 is 0 Å². The van der Waals surface area contributed by atoms with E-state index < -0.39 is 24.9 Å². The molecular formula is C12H19N3O4S2. The number of sulfone groups is 2. The van der Waals surface area contributed by atoms with E-state index in [1.54, 1.807) is 6.07 Å². The molecule has 3 rings (SSSR count). The van der Waals surface area contributed by atoms with Crippen LogP contribution in [0.25, 0.3) is 0 Å². The Bertz CT molecular complexity index is 751. The minimum absolute atomic E-state index is 0.0235. The quantitative estimate of drug-likeness (QED) is 0.841. The van der Waals surface area contributed by atoms with Gasteiger partial charge in [0, 0.05) is 6.07 Å². The van der Waals surface area contributed by atoms with Crippen molar-refractivity contribution in [2.24, 2.45) is 0 Å². The van der Waals surface area contributed by atoms with E-state index in [-0.39, 0.29) is 23.3 Å². The van der Waals surface area contributed by atoms with Crippen molar-refractivity contribution >= 4 is 25.5 Å². The maximum absolute atomic E-state index is 12.1. The van der Waals surface area contributed by atoms with Crippen molar-refractivity contribution in [2.45, 2.75) is 37.0 Å². The second-order valence-electron chi connectivity index (χ2n) is 5.85. The molecular weight excluding hydrogens is 314 g/mol. The summed E-state index contributed by atoms with van der Waals surface area (Å²) >= 11 is 0. The summed E-state index contributed by atoms with van der Waals surface area (Å²) in [5.74, 6) is 0.680. The number of nitrogens with two attached hydrogens (primary N) is 1. The smallest absolute Gasteiger partial charge is 0.158 e. The molecule has 7 nitrogen and oxygen atoms in total. The normalized spacial score (nSPS) is 31.2. The Morgan fingerprint density at radius 1 is 1.14 bits per heavy atom. The average Bonchev–Trinajstić information content (AvgIpc) is 2.91. The number of rotatable bonds is 2. The van der Waals surface area contributed by atoms with Crippen molar-refractivity contribution < 1.29 is 16.8 Å². The summed E-state index contributed by atoms with van der Waals surface area (Å²) in [5, 5.41) is 3.72. The fourth-order valence-corrected chi connectivity index (χ4v) is 6.73. The summed E-state index contributed by atoms with van der Waals surface area (Å²) in [6, 6.07) is 1.30. The van der Waals surface area contributed by atoms with Crippen molar-refractivity contribution in [3.63, 3.8) is 0 Å². The Labute approximate surface area is 124 Å². The lowest BCUT2D eigenvalue weighted by molar-refractivity contribution is 0.493. The molecule has 2 aliphatic rings. The molecule has 3 heterocycles. The molecule has 2 fully saturated rings. The number of nitrogen functional groups attached to an aromatic ring is 1. The van der Waals surface area contributed by atoms with E-state index in [9.17, 15) is 16.8 Å². The fourth-order valence-electron chi connectivity index (χ4n) is 3.13. The molecule has 0 spiro atoms. The Balaban J connectivity index is 1.91. The molecule has 0 amide bonds. The van der Waals surface area contributed by atoms with Crippen LogP contribution in [-0.2, 0) is 19.7 Å². The van der Waals surface area contributed by atoms with Crippen LogP contribution in [0.1, 0.15) is 42.7 Å². The molecule has 0 saturated carbocycles. The molecule has 0 bridgehead atoms. The molecule has 0 aliphatic carbocycles. The lowest BCUT2D eigenvalue weighted by Gasteiger charge is -2.20. The van der Waals surface area contributed by atoms with Crippen LogP contribution in [0, 0.1) is 0 Å². The minimum Gasteiger partial charge on any atom is -0.384 e. The third-order valence-electron chi connectivity index (χ3n) is 4.25. The average molecular weight is 333 g/mol. The number of aromatic nitrogens is 2. The van der Waals surface area contributed by atoms with Gasteiger partial charge in [-0.1, -0.05) is 6.42 Å². The first-order chi connectivity index (χ1) is 9.78. The highest BCUT2D eigenvalue weighted by Gasteiger charge is 2.35. The highest BCUT2D eigenvalue weighted by atomic mass is 32.2. The zero-order valence-corrected chi connectivity index (χ0v) is 13.2. The van der Waals surface area contributed by atoms with Gasteiger partial charge >= 0.3 is 0 Å². The van der Waals surface area contributed by atoms with Crippen LogP contribution in [0.3, 0.4) is 0 Å². The number of hydrogen-bond donors (Lipinski definition) is 1. The first-order valence-electron chi connectivity index (χ1n) is 7.05. The van der Waals surface area contributed by atoms with Crippen molar-refractivity contribution in [2.75, 3.05) is 23.0 Å². The second-order valence-corrected chi connectivity index (χ2v) is 10.4. The molecule has 0 radical (unpaired) electrons. The van der Waals surface area contributed by atoms with Gasteiger partial charge in [-0.2, -0.15) is 5.10 Å². The molecule has 0 aromatic carbocycles. The van der Waals surface area contributed by atoms with E-state index in [0.717, 1.165) is 6.42 Å². The van der Waals surface area contributed by atoms with Crippen LogP contribution < -0.4 is 5.73 Å². The van der Waals surface area contributed by atoms with Crippen LogP contribution in [0.15, 0.2) is 6.07 Å². The van der Waals surface area contributed by atoms with Crippen LogP contribution in [0.5, 0.6) is 0 Å². The molecule has 1 aromatic heterocycles. The molecule has 2 atom stereocenters. The number of nitrogens with zero attached hydrogens (tertiary/aromatic N) is 2. The molecule has 118 valence electrons. The Morgan fingerprint density at radius 2 is 1.90 bits per heavy atom. The number of hydrogen-bond acceptors (Lipinski definition) is 6. The van der Waals surface area contributed by atoms with Crippen molar-refractivity contribution in [1.82, 2.24) is 9.78 Å². The van der Waals surface area contributed by atoms with Crippen molar-refractivity contribution in [3.8, 4) is 0 Å². The summed E-state index contributed by atoms with van der Waals surface area (Å²) in [6.07, 6.45) is 2.58. The van der Waals surface area contributed by atoms with Gasteiger partial charge in [-0.25, -0.2) is 21.5 Å². The third-order valence-corrected chi connectivity index (χ3v) is 8.20. The third kappa shape index (κ3) is 2.80. The van der Waals surface area contributed by atoms with Gasteiger partial charge in [0.05, 0.1) is 29.0 Å². The van der Waals surface area contributed by atoms with Crippen LogP contribution >= 0.6 is 0 Å². The lowest BCUT2D eigenvalue weighted by Crippen LogP contribution is -2.22. The SMILES string of the molecule is Nc1cc(C2CCCCS2(=O)=O)nn1C1CCS(=O)(=O)C1. The lowest BCUT2D eigenvalue weighted by atomic mass is 10.1. The monoisotopic (exact) mass is 333 g/mol. The van der Waals surface area contributed by atoms with Gasteiger partial charge < -0.3 is 5.73 Å². The molecule has 21 heavy (non-hydrogen) atoms. The van der Waals surface area contributed by atoms with Crippen LogP contribution in [0.2, 0.25) is 0 Å². The van der Waals surface area contributed by atoms with E-state index in [2.05, 4.69) is 5.10 Å². The predicted molar refractivity (Wildman–Crippen MR) is 79.3 cm³/mol. The zero-order valence-electron chi connectivity index (χ0n) is 11.6. The highest BCUT2D eigenvalue weighted by Crippen LogP contribution is 2.35. The Hall–Kier alpha value is -1.09. The summed E-state index contributed by atoms with van der Waals surface area (Å²) < 4.78 is 48.9. The van der Waals surface area contributed by atoms with Gasteiger partial charge in [0.25, 0.3) is 0 Å². The predicted octanol–water partition coefficient (Wildman–Crippen LogP) is 0.465. The largest absolute Gasteiger partial charge is 0.384 e. The number of anilines is 1. The van der Waals surface area contributed by atoms with Gasteiger partial charge in [0.15, 0.2) is 19.7 Å². The van der Waals surface area contributed by atoms with Gasteiger partial charge in [0.2, 0.25) is 0 Å². The minimum atomic E-state index is -3.18. The second kappa shape index (κ2) is 4.98. The van der Waals surface area contributed by atoms with Gasteiger partial charge in [-0.05, 0) is 19.3 Å². The molecule has 2 aliphatic heterocycles. The highest BCUT2D eigenvalue weighted by molar-refractivity contribution is 7.91. The van der Waals surface area contributed by atoms with Gasteiger partial charge in [-0.15, -0.1) is 0 Å². The van der Waals surface area contributed by atoms with Crippen molar-refractivity contribution in [1.29, 1.82) is 0 Å². The molecule has 2 N–H and O–H groups in total. The summed E-state index contributed by atoms with van der Waals surface area (Å²) in [7, 11) is -6.21. The molecule has 9 heteroatoms. The first kappa shape index (κ1) is 14.8. The van der Waals surface area contributed by atoms with E-state index in [4.69, 9.17) is 5.73 Å². The summed E-state index contributed by atoms with van der Waals surface area (Å²) in [5.41, 5.74) is 6.37. The van der Waals surface area contributed by atoms with Gasteiger partial charge in [-0.3, -0.25) is 0 Å². The van der Waals surface area contributed by atoms with Crippen LogP contribution in [-0.4, -0.2) is 43.9 Å². The van der Waals surface area contributed by atoms with E-state index in [1.165, 1.54) is 4.68 Å². The van der Waals surface area contributed by atoms with E-state index in [0.29, 0.717) is 30.8 Å². The zero-order chi connectivity index (χ0) is 15.3.